The highest BCUT2D eigenvalue weighted by Crippen LogP contribution is 2.34. The summed E-state index contributed by atoms with van der Waals surface area (Å²) in [5.41, 5.74) is 0.926. The van der Waals surface area contributed by atoms with Crippen LogP contribution in [0.4, 0.5) is 0 Å². The molecule has 0 bridgehead atoms. The molecule has 0 spiro atoms. The topological polar surface area (TPSA) is 99.8 Å². The van der Waals surface area contributed by atoms with Crippen molar-refractivity contribution in [3.63, 3.8) is 0 Å². The van der Waals surface area contributed by atoms with Crippen molar-refractivity contribution in [3.05, 3.63) is 69.6 Å². The minimum absolute atomic E-state index is 0.0871. The van der Waals surface area contributed by atoms with Crippen LogP contribution in [0.15, 0.2) is 51.7 Å². The third-order valence-electron chi connectivity index (χ3n) is 4.08. The summed E-state index contributed by atoms with van der Waals surface area (Å²) in [7, 11) is 0. The molecule has 2 aromatic carbocycles. The first kappa shape index (κ1) is 16.6. The number of hydrogen-bond donors (Lipinski definition) is 3. The highest BCUT2D eigenvalue weighted by atomic mass is 16.4. The third kappa shape index (κ3) is 3.33. The first-order chi connectivity index (χ1) is 12.0. The lowest BCUT2D eigenvalue weighted by molar-refractivity contribution is -0.120. The van der Waals surface area contributed by atoms with Crippen LogP contribution < -0.4 is 10.9 Å². The van der Waals surface area contributed by atoms with Gasteiger partial charge in [0.2, 0.25) is 11.7 Å². The molecule has 1 aromatic heterocycles. The van der Waals surface area contributed by atoms with Gasteiger partial charge in [-0.3, -0.25) is 4.79 Å². The fourth-order valence-electron chi connectivity index (χ4n) is 2.65. The zero-order valence-electron chi connectivity index (χ0n) is 13.6. The van der Waals surface area contributed by atoms with Crippen molar-refractivity contribution < 1.29 is 19.4 Å². The molecule has 1 amide bonds. The van der Waals surface area contributed by atoms with Gasteiger partial charge >= 0.3 is 5.63 Å². The molecule has 0 aliphatic carbocycles. The Hall–Kier alpha value is -3.28. The maximum atomic E-state index is 12.2. The second kappa shape index (κ2) is 6.68. The van der Waals surface area contributed by atoms with Crippen LogP contribution in [0.2, 0.25) is 0 Å². The first-order valence-corrected chi connectivity index (χ1v) is 7.75. The highest BCUT2D eigenvalue weighted by molar-refractivity contribution is 5.89. The molecule has 0 atom stereocenters. The van der Waals surface area contributed by atoms with Crippen LogP contribution >= 0.6 is 0 Å². The van der Waals surface area contributed by atoms with E-state index < -0.39 is 11.4 Å². The predicted octanol–water partition coefficient (Wildman–Crippen LogP) is 2.37. The maximum absolute atomic E-state index is 12.2. The standard InChI is InChI=1S/C19H17NO5/c1-11-13-7-8-15(21)17(23)18(13)25-19(24)14(11)9-16(22)20-10-12-5-3-2-4-6-12/h2-8,21,23H,9-10H2,1H3,(H,20,22). The van der Waals surface area contributed by atoms with Crippen LogP contribution in [0.3, 0.4) is 0 Å². The second-order valence-corrected chi connectivity index (χ2v) is 5.74. The number of nitrogens with one attached hydrogen (secondary N) is 1. The first-order valence-electron chi connectivity index (χ1n) is 7.75. The van der Waals surface area contributed by atoms with Gasteiger partial charge in [-0.25, -0.2) is 4.79 Å². The van der Waals surface area contributed by atoms with E-state index in [9.17, 15) is 19.8 Å². The smallest absolute Gasteiger partial charge is 0.340 e. The van der Waals surface area contributed by atoms with Gasteiger partial charge in [0.15, 0.2) is 11.3 Å². The van der Waals surface area contributed by atoms with E-state index in [1.165, 1.54) is 12.1 Å². The molecule has 0 saturated carbocycles. The minimum Gasteiger partial charge on any atom is -0.504 e. The van der Waals surface area contributed by atoms with Gasteiger partial charge in [-0.1, -0.05) is 30.3 Å². The largest absolute Gasteiger partial charge is 0.504 e. The predicted molar refractivity (Wildman–Crippen MR) is 92.5 cm³/mol. The molecule has 0 fully saturated rings. The fraction of sp³-hybridized carbons (Fsp3) is 0.158. The quantitative estimate of drug-likeness (QED) is 0.500. The summed E-state index contributed by atoms with van der Waals surface area (Å²) < 4.78 is 5.10. The van der Waals surface area contributed by atoms with Crippen molar-refractivity contribution in [2.45, 2.75) is 19.9 Å². The number of fused-ring (bicyclic) bond motifs is 1. The van der Waals surface area contributed by atoms with Crippen molar-refractivity contribution in [3.8, 4) is 11.5 Å². The van der Waals surface area contributed by atoms with E-state index in [1.54, 1.807) is 6.92 Å². The lowest BCUT2D eigenvalue weighted by Crippen LogP contribution is -2.27. The van der Waals surface area contributed by atoms with Gasteiger partial charge in [0.1, 0.15) is 0 Å². The fourth-order valence-corrected chi connectivity index (χ4v) is 2.65. The molecule has 3 aromatic rings. The van der Waals surface area contributed by atoms with Gasteiger partial charge in [-0.05, 0) is 30.2 Å². The normalized spacial score (nSPS) is 10.8. The number of benzene rings is 2. The summed E-state index contributed by atoms with van der Waals surface area (Å²) in [6.45, 7) is 2.04. The Balaban J connectivity index is 1.85. The number of rotatable bonds is 4. The van der Waals surface area contributed by atoms with E-state index in [-0.39, 0.29) is 29.2 Å². The van der Waals surface area contributed by atoms with Crippen molar-refractivity contribution in [2.75, 3.05) is 0 Å². The van der Waals surface area contributed by atoms with Crippen LogP contribution in [0.5, 0.6) is 11.5 Å². The van der Waals surface area contributed by atoms with Crippen LogP contribution in [0.25, 0.3) is 11.0 Å². The van der Waals surface area contributed by atoms with Crippen LogP contribution in [-0.2, 0) is 17.8 Å². The van der Waals surface area contributed by atoms with Crippen LogP contribution in [0, 0.1) is 6.92 Å². The van der Waals surface area contributed by atoms with Crippen molar-refractivity contribution in [1.29, 1.82) is 0 Å². The molecule has 0 aliphatic heterocycles. The average Bonchev–Trinajstić information content (AvgIpc) is 2.61. The van der Waals surface area contributed by atoms with Crippen molar-refractivity contribution >= 4 is 16.9 Å². The average molecular weight is 339 g/mol. The van der Waals surface area contributed by atoms with E-state index >= 15 is 0 Å². The molecular formula is C19H17NO5. The van der Waals surface area contributed by atoms with Gasteiger partial charge < -0.3 is 19.9 Å². The number of hydrogen-bond acceptors (Lipinski definition) is 5. The molecule has 6 heteroatoms. The summed E-state index contributed by atoms with van der Waals surface area (Å²) in [5.74, 6) is -1.16. The van der Waals surface area contributed by atoms with E-state index in [4.69, 9.17) is 4.42 Å². The van der Waals surface area contributed by atoms with Crippen molar-refractivity contribution in [1.82, 2.24) is 5.32 Å². The summed E-state index contributed by atoms with van der Waals surface area (Å²) >= 11 is 0. The molecule has 3 rings (SSSR count). The highest BCUT2D eigenvalue weighted by Gasteiger charge is 2.18. The van der Waals surface area contributed by atoms with E-state index in [1.807, 2.05) is 30.3 Å². The lowest BCUT2D eigenvalue weighted by atomic mass is 10.0. The zero-order valence-corrected chi connectivity index (χ0v) is 13.6. The van der Waals surface area contributed by atoms with Gasteiger partial charge in [0.25, 0.3) is 0 Å². The Labute approximate surface area is 143 Å². The van der Waals surface area contributed by atoms with Gasteiger partial charge in [-0.15, -0.1) is 0 Å². The molecule has 6 nitrogen and oxygen atoms in total. The van der Waals surface area contributed by atoms with Crippen LogP contribution in [-0.4, -0.2) is 16.1 Å². The third-order valence-corrected chi connectivity index (χ3v) is 4.08. The molecule has 3 N–H and O–H groups in total. The van der Waals surface area contributed by atoms with E-state index in [2.05, 4.69) is 5.32 Å². The number of carbonyl (C=O) groups is 1. The second-order valence-electron chi connectivity index (χ2n) is 5.74. The molecule has 0 unspecified atom stereocenters. The molecular weight excluding hydrogens is 322 g/mol. The number of aryl methyl sites for hydroxylation is 1. The van der Waals surface area contributed by atoms with Gasteiger partial charge in [0, 0.05) is 11.9 Å². The Morgan fingerprint density at radius 3 is 2.56 bits per heavy atom. The Morgan fingerprint density at radius 1 is 1.12 bits per heavy atom. The molecule has 128 valence electrons. The number of carbonyl (C=O) groups excluding carboxylic acids is 1. The molecule has 0 aliphatic rings. The number of phenols is 2. The lowest BCUT2D eigenvalue weighted by Gasteiger charge is -2.10. The van der Waals surface area contributed by atoms with Gasteiger partial charge in [-0.2, -0.15) is 0 Å². The number of phenolic OH excluding ortho intramolecular Hbond substituents is 2. The maximum Gasteiger partial charge on any atom is 0.340 e. The molecule has 0 saturated heterocycles. The molecule has 0 radical (unpaired) electrons. The monoisotopic (exact) mass is 339 g/mol. The Kier molecular flexibility index (Phi) is 4.43. The van der Waals surface area contributed by atoms with Gasteiger partial charge in [0.05, 0.1) is 12.0 Å². The van der Waals surface area contributed by atoms with Crippen molar-refractivity contribution in [2.24, 2.45) is 0 Å². The summed E-state index contributed by atoms with van der Waals surface area (Å²) in [4.78, 5) is 24.4. The summed E-state index contributed by atoms with van der Waals surface area (Å²) in [6, 6.07) is 12.3. The minimum atomic E-state index is -0.708. The molecule has 25 heavy (non-hydrogen) atoms. The molecule has 1 heterocycles. The number of amides is 1. The SMILES string of the molecule is Cc1c(CC(=O)NCc2ccccc2)c(=O)oc2c(O)c(O)ccc12. The van der Waals surface area contributed by atoms with E-state index in [0.717, 1.165) is 5.56 Å². The Morgan fingerprint density at radius 2 is 1.84 bits per heavy atom. The zero-order chi connectivity index (χ0) is 18.0. The summed E-state index contributed by atoms with van der Waals surface area (Å²) in [6.07, 6.45) is -0.126. The summed E-state index contributed by atoms with van der Waals surface area (Å²) in [5, 5.41) is 22.6. The number of aromatic hydroxyl groups is 2. The van der Waals surface area contributed by atoms with E-state index in [0.29, 0.717) is 17.5 Å². The van der Waals surface area contributed by atoms with Crippen LogP contribution in [0.1, 0.15) is 16.7 Å². The Bertz CT molecular complexity index is 992.